The van der Waals surface area contributed by atoms with Gasteiger partial charge in [0, 0.05) is 5.92 Å². The van der Waals surface area contributed by atoms with E-state index >= 15 is 0 Å². The Balaban J connectivity index is 1.96. The van der Waals surface area contributed by atoms with E-state index in [2.05, 4.69) is 5.32 Å². The topological polar surface area (TPSA) is 66.4 Å². The number of nitrogens with one attached hydrogen (secondary N) is 1. The smallest absolute Gasteiger partial charge is 0.306 e. The van der Waals surface area contributed by atoms with Crippen molar-refractivity contribution >= 4 is 29.2 Å². The minimum Gasteiger partial charge on any atom is -0.481 e. The van der Waals surface area contributed by atoms with Crippen molar-refractivity contribution in [3.05, 3.63) is 29.0 Å². The highest BCUT2D eigenvalue weighted by Crippen LogP contribution is 2.30. The van der Waals surface area contributed by atoms with Gasteiger partial charge in [-0.1, -0.05) is 17.7 Å². The molecule has 6 heteroatoms. The molecule has 0 aliphatic heterocycles. The Bertz CT molecular complexity index is 527. The second-order valence-electron chi connectivity index (χ2n) is 4.98. The van der Waals surface area contributed by atoms with Gasteiger partial charge in [-0.3, -0.25) is 9.59 Å². The summed E-state index contributed by atoms with van der Waals surface area (Å²) < 4.78 is 13.7. The van der Waals surface area contributed by atoms with E-state index in [1.807, 2.05) is 0 Å². The second-order valence-corrected chi connectivity index (χ2v) is 5.38. The van der Waals surface area contributed by atoms with Crippen LogP contribution < -0.4 is 5.32 Å². The number of carbonyl (C=O) groups excluding carboxylic acids is 1. The number of carboxylic acid groups (broad SMARTS) is 1. The zero-order valence-corrected chi connectivity index (χ0v) is 11.5. The molecule has 20 heavy (non-hydrogen) atoms. The van der Waals surface area contributed by atoms with Gasteiger partial charge < -0.3 is 10.4 Å². The number of hydrogen-bond acceptors (Lipinski definition) is 2. The number of amides is 1. The summed E-state index contributed by atoms with van der Waals surface area (Å²) >= 11 is 5.65. The van der Waals surface area contributed by atoms with E-state index in [1.54, 1.807) is 6.07 Å². The molecule has 0 saturated heterocycles. The van der Waals surface area contributed by atoms with E-state index in [0.29, 0.717) is 25.7 Å². The third-order valence-electron chi connectivity index (χ3n) is 3.66. The maximum absolute atomic E-state index is 13.7. The van der Waals surface area contributed by atoms with E-state index in [-0.39, 0.29) is 28.5 Å². The van der Waals surface area contributed by atoms with Crippen molar-refractivity contribution in [2.45, 2.75) is 25.7 Å². The van der Waals surface area contributed by atoms with Crippen LogP contribution in [0.25, 0.3) is 0 Å². The summed E-state index contributed by atoms with van der Waals surface area (Å²) in [6.07, 6.45) is 1.97. The lowest BCUT2D eigenvalue weighted by Gasteiger charge is -2.25. The molecule has 1 aromatic rings. The Labute approximate surface area is 120 Å². The molecule has 0 bridgehead atoms. The van der Waals surface area contributed by atoms with Crippen molar-refractivity contribution in [2.24, 2.45) is 11.8 Å². The number of halogens is 2. The minimum atomic E-state index is -0.815. The van der Waals surface area contributed by atoms with Crippen LogP contribution in [0.3, 0.4) is 0 Å². The average molecular weight is 300 g/mol. The van der Waals surface area contributed by atoms with Crippen LogP contribution in [-0.2, 0) is 9.59 Å². The Hall–Kier alpha value is -1.62. The molecule has 0 unspecified atom stereocenters. The van der Waals surface area contributed by atoms with Gasteiger partial charge in [0.25, 0.3) is 0 Å². The standard InChI is InChI=1S/C14H15ClFNO3/c15-10-2-1-3-11(12(10)16)17-13(18)8-4-6-9(7-5-8)14(19)20/h1-3,8-9H,4-7H2,(H,17,18)(H,19,20). The first-order chi connectivity index (χ1) is 9.49. The van der Waals surface area contributed by atoms with Crippen LogP contribution in [0.1, 0.15) is 25.7 Å². The van der Waals surface area contributed by atoms with E-state index in [9.17, 15) is 14.0 Å². The Morgan fingerprint density at radius 3 is 2.40 bits per heavy atom. The van der Waals surface area contributed by atoms with E-state index in [0.717, 1.165) is 0 Å². The highest BCUT2D eigenvalue weighted by Gasteiger charge is 2.30. The summed E-state index contributed by atoms with van der Waals surface area (Å²) in [7, 11) is 0. The van der Waals surface area contributed by atoms with E-state index < -0.39 is 11.8 Å². The van der Waals surface area contributed by atoms with Crippen molar-refractivity contribution in [3.8, 4) is 0 Å². The number of carboxylic acids is 1. The van der Waals surface area contributed by atoms with E-state index in [4.69, 9.17) is 16.7 Å². The largest absolute Gasteiger partial charge is 0.481 e. The van der Waals surface area contributed by atoms with Crippen molar-refractivity contribution in [1.29, 1.82) is 0 Å². The molecule has 1 aliphatic carbocycles. The monoisotopic (exact) mass is 299 g/mol. The predicted molar refractivity (Wildman–Crippen MR) is 73.1 cm³/mol. The van der Waals surface area contributed by atoms with Crippen LogP contribution >= 0.6 is 11.6 Å². The quantitative estimate of drug-likeness (QED) is 0.900. The zero-order chi connectivity index (χ0) is 14.7. The summed E-state index contributed by atoms with van der Waals surface area (Å²) in [5.41, 5.74) is 0.0582. The van der Waals surface area contributed by atoms with Gasteiger partial charge in [0.15, 0.2) is 5.82 Å². The van der Waals surface area contributed by atoms with Crippen molar-refractivity contribution < 1.29 is 19.1 Å². The first-order valence-corrected chi connectivity index (χ1v) is 6.84. The fraction of sp³-hybridized carbons (Fsp3) is 0.429. The molecule has 1 amide bonds. The Morgan fingerprint density at radius 2 is 1.80 bits per heavy atom. The van der Waals surface area contributed by atoms with Crippen LogP contribution in [0.2, 0.25) is 5.02 Å². The third kappa shape index (κ3) is 3.28. The van der Waals surface area contributed by atoms with E-state index in [1.165, 1.54) is 12.1 Å². The van der Waals surface area contributed by atoms with Crippen LogP contribution in [0.5, 0.6) is 0 Å². The number of carbonyl (C=O) groups is 2. The number of rotatable bonds is 3. The summed E-state index contributed by atoms with van der Waals surface area (Å²) in [6.45, 7) is 0. The van der Waals surface area contributed by atoms with Gasteiger partial charge in [-0.2, -0.15) is 0 Å². The summed E-state index contributed by atoms with van der Waals surface area (Å²) in [5, 5.41) is 11.4. The molecule has 1 aliphatic rings. The molecule has 108 valence electrons. The molecule has 4 nitrogen and oxygen atoms in total. The van der Waals surface area contributed by atoms with Gasteiger partial charge in [0.1, 0.15) is 0 Å². The number of hydrogen-bond donors (Lipinski definition) is 2. The molecule has 1 fully saturated rings. The summed E-state index contributed by atoms with van der Waals surface area (Å²) in [4.78, 5) is 22.9. The SMILES string of the molecule is O=C(O)C1CCC(C(=O)Nc2cccc(Cl)c2F)CC1. The number of aliphatic carboxylic acids is 1. The van der Waals surface area contributed by atoms with Crippen LogP contribution in [0.15, 0.2) is 18.2 Å². The highest BCUT2D eigenvalue weighted by molar-refractivity contribution is 6.31. The van der Waals surface area contributed by atoms with Crippen LogP contribution in [-0.4, -0.2) is 17.0 Å². The van der Waals surface area contributed by atoms with Crippen LogP contribution in [0, 0.1) is 17.7 Å². The average Bonchev–Trinajstić information content (AvgIpc) is 2.44. The molecular formula is C14H15ClFNO3. The molecule has 0 heterocycles. The lowest BCUT2D eigenvalue weighted by molar-refractivity contribution is -0.143. The van der Waals surface area contributed by atoms with Crippen molar-refractivity contribution in [2.75, 3.05) is 5.32 Å². The number of benzene rings is 1. The zero-order valence-electron chi connectivity index (χ0n) is 10.7. The molecule has 0 radical (unpaired) electrons. The normalized spacial score (nSPS) is 22.3. The van der Waals surface area contributed by atoms with Gasteiger partial charge in [-0.25, -0.2) is 4.39 Å². The Kier molecular flexibility index (Phi) is 4.60. The van der Waals surface area contributed by atoms with Gasteiger partial charge >= 0.3 is 5.97 Å². The molecule has 0 atom stereocenters. The van der Waals surface area contributed by atoms with Gasteiger partial charge in [0.05, 0.1) is 16.6 Å². The number of anilines is 1. The highest BCUT2D eigenvalue weighted by atomic mass is 35.5. The first kappa shape index (κ1) is 14.8. The lowest BCUT2D eigenvalue weighted by atomic mass is 9.81. The third-order valence-corrected chi connectivity index (χ3v) is 3.95. The molecule has 2 rings (SSSR count). The molecule has 0 aromatic heterocycles. The summed E-state index contributed by atoms with van der Waals surface area (Å²) in [6, 6.07) is 4.41. The first-order valence-electron chi connectivity index (χ1n) is 6.46. The second kappa shape index (κ2) is 6.22. The van der Waals surface area contributed by atoms with Gasteiger partial charge in [-0.15, -0.1) is 0 Å². The molecule has 2 N–H and O–H groups in total. The molecule has 1 aromatic carbocycles. The molecular weight excluding hydrogens is 285 g/mol. The Morgan fingerprint density at radius 1 is 1.20 bits per heavy atom. The predicted octanol–water partition coefficient (Wildman–Crippen LogP) is 3.31. The van der Waals surface area contributed by atoms with Gasteiger partial charge in [-0.05, 0) is 37.8 Å². The maximum Gasteiger partial charge on any atom is 0.306 e. The van der Waals surface area contributed by atoms with Crippen molar-refractivity contribution in [3.63, 3.8) is 0 Å². The molecule has 1 saturated carbocycles. The van der Waals surface area contributed by atoms with Crippen LogP contribution in [0.4, 0.5) is 10.1 Å². The van der Waals surface area contributed by atoms with Gasteiger partial charge in [0.2, 0.25) is 5.91 Å². The van der Waals surface area contributed by atoms with Crippen molar-refractivity contribution in [1.82, 2.24) is 0 Å². The lowest BCUT2D eigenvalue weighted by Crippen LogP contribution is -2.29. The summed E-state index contributed by atoms with van der Waals surface area (Å²) in [5.74, 6) is -2.40. The maximum atomic E-state index is 13.7. The minimum absolute atomic E-state index is 0.0441. The molecule has 0 spiro atoms. The fourth-order valence-corrected chi connectivity index (χ4v) is 2.61. The fourth-order valence-electron chi connectivity index (χ4n) is 2.44.